The first-order valence-corrected chi connectivity index (χ1v) is 4.93. The molecule has 0 radical (unpaired) electrons. The van der Waals surface area contributed by atoms with Crippen LogP contribution >= 0.6 is 0 Å². The van der Waals surface area contributed by atoms with Crippen LogP contribution < -0.4 is 5.32 Å². The monoisotopic (exact) mass is 212 g/mol. The normalized spacial score (nSPS) is 13.9. The van der Waals surface area contributed by atoms with Gasteiger partial charge in [-0.05, 0) is 32.9 Å². The number of hydrogen-bond acceptors (Lipinski definition) is 3. The molecule has 0 saturated carbocycles. The Balaban J connectivity index is 2.54. The molecule has 0 fully saturated rings. The van der Waals surface area contributed by atoms with Crippen LogP contribution in [0.1, 0.15) is 32.6 Å². The molecule has 84 valence electrons. The molecule has 0 spiro atoms. The van der Waals surface area contributed by atoms with Crippen molar-refractivity contribution in [3.63, 3.8) is 0 Å². The lowest BCUT2D eigenvalue weighted by molar-refractivity contribution is 0.159. The third kappa shape index (κ3) is 4.36. The Labute approximate surface area is 89.4 Å². The molecule has 0 aliphatic rings. The molecule has 2 N–H and O–H groups in total. The zero-order valence-corrected chi connectivity index (χ0v) is 9.29. The van der Waals surface area contributed by atoms with E-state index in [4.69, 9.17) is 0 Å². The topological polar surface area (TPSA) is 45.1 Å². The molecule has 1 aromatic heterocycles. The Morgan fingerprint density at radius 2 is 2.13 bits per heavy atom. The maximum Gasteiger partial charge on any atom is 0.141 e. The van der Waals surface area contributed by atoms with Gasteiger partial charge in [0.25, 0.3) is 0 Å². The highest BCUT2D eigenvalue weighted by molar-refractivity contribution is 5.08. The molecule has 0 unspecified atom stereocenters. The van der Waals surface area contributed by atoms with Crippen LogP contribution in [0.25, 0.3) is 0 Å². The molecule has 0 amide bonds. The Hall–Kier alpha value is -1.00. The second kappa shape index (κ2) is 4.68. The smallest absolute Gasteiger partial charge is 0.141 e. The van der Waals surface area contributed by atoms with E-state index >= 15 is 0 Å². The number of nitrogens with one attached hydrogen (secondary N) is 1. The van der Waals surface area contributed by atoms with E-state index in [1.807, 2.05) is 20.8 Å². The molecular formula is C11H17FN2O. The summed E-state index contributed by atoms with van der Waals surface area (Å²) in [5, 5.41) is 12.9. The number of nitrogens with zero attached hydrogens (tertiary/aromatic N) is 1. The molecule has 0 saturated heterocycles. The molecule has 3 nitrogen and oxygen atoms in total. The molecule has 1 heterocycles. The number of pyridine rings is 1. The minimum absolute atomic E-state index is 0.0546. The highest BCUT2D eigenvalue weighted by atomic mass is 19.1. The summed E-state index contributed by atoms with van der Waals surface area (Å²) in [5.74, 6) is -0.394. The van der Waals surface area contributed by atoms with Crippen molar-refractivity contribution >= 4 is 0 Å². The Morgan fingerprint density at radius 1 is 1.47 bits per heavy atom. The minimum atomic E-state index is -0.704. The largest absolute Gasteiger partial charge is 0.385 e. The zero-order valence-electron chi connectivity index (χ0n) is 9.29. The summed E-state index contributed by atoms with van der Waals surface area (Å²) >= 11 is 0. The number of halogens is 1. The summed E-state index contributed by atoms with van der Waals surface area (Å²) in [5.41, 5.74) is 0.425. The summed E-state index contributed by atoms with van der Waals surface area (Å²) in [7, 11) is 0. The fourth-order valence-corrected chi connectivity index (χ4v) is 1.09. The summed E-state index contributed by atoms with van der Waals surface area (Å²) < 4.78 is 12.6. The van der Waals surface area contributed by atoms with Gasteiger partial charge in [0.15, 0.2) is 0 Å². The molecule has 15 heavy (non-hydrogen) atoms. The molecule has 1 aromatic rings. The van der Waals surface area contributed by atoms with Gasteiger partial charge in [0.05, 0.1) is 11.9 Å². The van der Waals surface area contributed by atoms with Crippen molar-refractivity contribution in [3.05, 3.63) is 29.8 Å². The predicted molar refractivity (Wildman–Crippen MR) is 56.9 cm³/mol. The fourth-order valence-electron chi connectivity index (χ4n) is 1.09. The van der Waals surface area contributed by atoms with Crippen LogP contribution in [0.5, 0.6) is 0 Å². The van der Waals surface area contributed by atoms with Gasteiger partial charge in [0.2, 0.25) is 0 Å². The SMILES string of the molecule is CC(C)(C)NC[C@H](O)c1ccc(F)cn1. The molecule has 0 aromatic carbocycles. The number of rotatable bonds is 3. The lowest BCUT2D eigenvalue weighted by atomic mass is 10.1. The number of aliphatic hydroxyl groups excluding tert-OH is 1. The van der Waals surface area contributed by atoms with Gasteiger partial charge in [-0.15, -0.1) is 0 Å². The third-order valence-electron chi connectivity index (χ3n) is 1.92. The van der Waals surface area contributed by atoms with E-state index in [0.29, 0.717) is 12.2 Å². The fraction of sp³-hybridized carbons (Fsp3) is 0.545. The lowest BCUT2D eigenvalue weighted by Gasteiger charge is -2.22. The molecule has 1 rings (SSSR count). The van der Waals surface area contributed by atoms with Gasteiger partial charge >= 0.3 is 0 Å². The van der Waals surface area contributed by atoms with Gasteiger partial charge < -0.3 is 10.4 Å². The van der Waals surface area contributed by atoms with Crippen molar-refractivity contribution in [1.29, 1.82) is 0 Å². The van der Waals surface area contributed by atoms with Crippen LogP contribution in [0.15, 0.2) is 18.3 Å². The van der Waals surface area contributed by atoms with E-state index in [-0.39, 0.29) is 5.54 Å². The zero-order chi connectivity index (χ0) is 11.5. The summed E-state index contributed by atoms with van der Waals surface area (Å²) in [6, 6.07) is 2.78. The van der Waals surface area contributed by atoms with Crippen LogP contribution in [0, 0.1) is 5.82 Å². The van der Waals surface area contributed by atoms with Gasteiger partial charge in [0.1, 0.15) is 11.9 Å². The second-order valence-electron chi connectivity index (χ2n) is 4.55. The van der Waals surface area contributed by atoms with E-state index < -0.39 is 11.9 Å². The molecule has 1 atom stereocenters. The first-order valence-electron chi connectivity index (χ1n) is 4.93. The second-order valence-corrected chi connectivity index (χ2v) is 4.55. The first-order chi connectivity index (χ1) is 6.88. The quantitative estimate of drug-likeness (QED) is 0.800. The van der Waals surface area contributed by atoms with Crippen LogP contribution in [0.2, 0.25) is 0 Å². The Morgan fingerprint density at radius 3 is 2.60 bits per heavy atom. The average Bonchev–Trinajstić information content (AvgIpc) is 2.14. The molecular weight excluding hydrogens is 195 g/mol. The van der Waals surface area contributed by atoms with Gasteiger partial charge in [-0.3, -0.25) is 4.98 Å². The van der Waals surface area contributed by atoms with Crippen LogP contribution in [0.4, 0.5) is 4.39 Å². The number of β-amino-alcohol motifs (C(OH)–C–C–N with tert-alkyl or cyclic N) is 1. The Kier molecular flexibility index (Phi) is 3.77. The van der Waals surface area contributed by atoms with Crippen molar-refractivity contribution in [2.75, 3.05) is 6.54 Å². The van der Waals surface area contributed by atoms with Gasteiger partial charge in [-0.1, -0.05) is 0 Å². The van der Waals surface area contributed by atoms with Crippen LogP contribution in [-0.4, -0.2) is 22.2 Å². The summed E-state index contributed by atoms with van der Waals surface area (Å²) in [6.07, 6.45) is 0.403. The Bertz CT molecular complexity index is 305. The van der Waals surface area contributed by atoms with Crippen LogP contribution in [0.3, 0.4) is 0 Å². The predicted octanol–water partition coefficient (Wildman–Crippen LogP) is 1.64. The van der Waals surface area contributed by atoms with E-state index in [2.05, 4.69) is 10.3 Å². The van der Waals surface area contributed by atoms with E-state index in [1.54, 1.807) is 0 Å². The maximum absolute atomic E-state index is 12.6. The van der Waals surface area contributed by atoms with Gasteiger partial charge in [-0.25, -0.2) is 4.39 Å². The number of aliphatic hydroxyl groups is 1. The minimum Gasteiger partial charge on any atom is -0.385 e. The highest BCUT2D eigenvalue weighted by Crippen LogP contribution is 2.10. The first kappa shape index (κ1) is 12.1. The van der Waals surface area contributed by atoms with Crippen molar-refractivity contribution in [3.8, 4) is 0 Å². The third-order valence-corrected chi connectivity index (χ3v) is 1.92. The molecule has 0 bridgehead atoms. The van der Waals surface area contributed by atoms with E-state index in [0.717, 1.165) is 6.20 Å². The summed E-state index contributed by atoms with van der Waals surface area (Å²) in [4.78, 5) is 3.81. The van der Waals surface area contributed by atoms with Crippen molar-refractivity contribution < 1.29 is 9.50 Å². The van der Waals surface area contributed by atoms with E-state index in [1.165, 1.54) is 12.1 Å². The lowest BCUT2D eigenvalue weighted by Crippen LogP contribution is -2.38. The average molecular weight is 212 g/mol. The van der Waals surface area contributed by atoms with Crippen molar-refractivity contribution in [2.24, 2.45) is 0 Å². The molecule has 0 aliphatic heterocycles. The van der Waals surface area contributed by atoms with Crippen LogP contribution in [-0.2, 0) is 0 Å². The van der Waals surface area contributed by atoms with E-state index in [9.17, 15) is 9.50 Å². The van der Waals surface area contributed by atoms with Gasteiger partial charge in [-0.2, -0.15) is 0 Å². The number of hydrogen-bond donors (Lipinski definition) is 2. The molecule has 0 aliphatic carbocycles. The van der Waals surface area contributed by atoms with Gasteiger partial charge in [0, 0.05) is 12.1 Å². The van der Waals surface area contributed by atoms with Crippen molar-refractivity contribution in [2.45, 2.75) is 32.4 Å². The molecule has 4 heteroatoms. The van der Waals surface area contributed by atoms with Crippen molar-refractivity contribution in [1.82, 2.24) is 10.3 Å². The number of aromatic nitrogens is 1. The highest BCUT2D eigenvalue weighted by Gasteiger charge is 2.14. The maximum atomic E-state index is 12.6. The standard InChI is InChI=1S/C11H17FN2O/c1-11(2,3)14-7-10(15)9-5-4-8(12)6-13-9/h4-6,10,14-15H,7H2,1-3H3/t10-/m0/s1. The summed E-state index contributed by atoms with van der Waals surface area (Å²) in [6.45, 7) is 6.44.